The van der Waals surface area contributed by atoms with Crippen molar-refractivity contribution in [2.45, 2.75) is 104 Å². The Bertz CT molecular complexity index is 1220. The molecule has 0 saturated heterocycles. The largest absolute Gasteiger partial charge is 0.506 e. The van der Waals surface area contributed by atoms with Gasteiger partial charge >= 0.3 is 6.09 Å². The third kappa shape index (κ3) is 11.1. The molecule has 0 radical (unpaired) electrons. The van der Waals surface area contributed by atoms with Crippen LogP contribution in [0.5, 0.6) is 5.75 Å². The summed E-state index contributed by atoms with van der Waals surface area (Å²) in [6.45, 7) is 11.2. The molecule has 3 N–H and O–H groups in total. The molecule has 2 amide bonds. The highest BCUT2D eigenvalue weighted by atomic mass is 35.5. The second kappa shape index (κ2) is 16.2. The Hall–Kier alpha value is -2.78. The summed E-state index contributed by atoms with van der Waals surface area (Å²) in [6.07, 6.45) is 4.51. The zero-order valence-corrected chi connectivity index (χ0v) is 27.4. The molecular formula is C31H46Cl2N4O5. The number of aromatic nitrogens is 2. The fourth-order valence-corrected chi connectivity index (χ4v) is 5.21. The number of aryl methyl sites for hydroxylation is 1. The number of halogens is 2. The third-order valence-electron chi connectivity index (χ3n) is 6.74. The van der Waals surface area contributed by atoms with E-state index in [0.29, 0.717) is 30.5 Å². The van der Waals surface area contributed by atoms with Gasteiger partial charge in [-0.05, 0) is 70.6 Å². The van der Waals surface area contributed by atoms with E-state index in [2.05, 4.69) is 22.7 Å². The summed E-state index contributed by atoms with van der Waals surface area (Å²) in [4.78, 5) is 37.5. The second-order valence-electron chi connectivity index (χ2n) is 12.2. The average Bonchev–Trinajstić information content (AvgIpc) is 3.26. The number of ether oxygens (including phenoxy) is 1. The van der Waals surface area contributed by atoms with Crippen LogP contribution in [0, 0.1) is 5.92 Å². The normalized spacial score (nSPS) is 13.1. The lowest BCUT2D eigenvalue weighted by Crippen LogP contribution is -2.49. The molecule has 9 nitrogen and oxygen atoms in total. The van der Waals surface area contributed by atoms with E-state index < -0.39 is 23.6 Å². The number of carbonyl (C=O) groups is 3. The number of phenolic OH excluding ortho intramolecular Hbond substituents is 1. The number of unbranched alkanes of at least 4 members (excludes halogenated alkanes) is 1. The molecule has 0 spiro atoms. The molecule has 11 heteroatoms. The van der Waals surface area contributed by atoms with Crippen molar-refractivity contribution in [3.8, 4) is 17.0 Å². The minimum Gasteiger partial charge on any atom is -0.506 e. The number of benzene rings is 1. The number of ketones is 1. The molecule has 0 aliphatic heterocycles. The van der Waals surface area contributed by atoms with Gasteiger partial charge in [0.05, 0.1) is 17.3 Å². The van der Waals surface area contributed by atoms with E-state index in [0.717, 1.165) is 31.4 Å². The van der Waals surface area contributed by atoms with Crippen LogP contribution in [0.15, 0.2) is 18.2 Å². The summed E-state index contributed by atoms with van der Waals surface area (Å²) >= 11 is 12.5. The van der Waals surface area contributed by atoms with Gasteiger partial charge < -0.3 is 20.5 Å². The Kier molecular flexibility index (Phi) is 13.6. The minimum atomic E-state index is -0.779. The van der Waals surface area contributed by atoms with E-state index in [1.165, 1.54) is 6.07 Å². The summed E-state index contributed by atoms with van der Waals surface area (Å²) in [5.41, 5.74) is 1.73. The van der Waals surface area contributed by atoms with E-state index in [9.17, 15) is 19.5 Å². The molecule has 2 atom stereocenters. The van der Waals surface area contributed by atoms with Gasteiger partial charge in [-0.3, -0.25) is 14.3 Å². The number of nitrogens with one attached hydrogen (secondary N) is 2. The van der Waals surface area contributed by atoms with Gasteiger partial charge in [0.25, 0.3) is 0 Å². The Morgan fingerprint density at radius 1 is 1.10 bits per heavy atom. The maximum absolute atomic E-state index is 12.8. The van der Waals surface area contributed by atoms with Crippen LogP contribution in [0.4, 0.5) is 4.79 Å². The molecule has 2 aromatic rings. The van der Waals surface area contributed by atoms with Gasteiger partial charge in [0.2, 0.25) is 5.91 Å². The maximum atomic E-state index is 12.8. The monoisotopic (exact) mass is 624 g/mol. The Balaban J connectivity index is 1.90. The highest BCUT2D eigenvalue weighted by Gasteiger charge is 2.25. The Morgan fingerprint density at radius 3 is 2.40 bits per heavy atom. The summed E-state index contributed by atoms with van der Waals surface area (Å²) in [5.74, 6) is -0.120. The summed E-state index contributed by atoms with van der Waals surface area (Å²) < 4.78 is 7.14. The number of nitrogens with zero attached hydrogens (tertiary/aromatic N) is 2. The van der Waals surface area contributed by atoms with Crippen molar-refractivity contribution >= 4 is 41.0 Å². The van der Waals surface area contributed by atoms with E-state index in [4.69, 9.17) is 27.9 Å². The first-order chi connectivity index (χ1) is 19.6. The molecular weight excluding hydrogens is 579 g/mol. The Morgan fingerprint density at radius 2 is 1.79 bits per heavy atom. The fourth-order valence-electron chi connectivity index (χ4n) is 4.78. The topological polar surface area (TPSA) is 123 Å². The van der Waals surface area contributed by atoms with Gasteiger partial charge in [-0.25, -0.2) is 4.79 Å². The van der Waals surface area contributed by atoms with Crippen molar-refractivity contribution in [1.82, 2.24) is 20.4 Å². The van der Waals surface area contributed by atoms with Crippen LogP contribution in [0.25, 0.3) is 11.3 Å². The predicted octanol–water partition coefficient (Wildman–Crippen LogP) is 7.17. The summed E-state index contributed by atoms with van der Waals surface area (Å²) in [6, 6.07) is 4.43. The highest BCUT2D eigenvalue weighted by Crippen LogP contribution is 2.39. The van der Waals surface area contributed by atoms with Crippen LogP contribution in [0.1, 0.15) is 98.1 Å². The van der Waals surface area contributed by atoms with Crippen LogP contribution >= 0.6 is 23.2 Å². The van der Waals surface area contributed by atoms with Gasteiger partial charge in [0, 0.05) is 30.6 Å². The number of aromatic hydroxyl groups is 1. The highest BCUT2D eigenvalue weighted by molar-refractivity contribution is 6.44. The van der Waals surface area contributed by atoms with Crippen LogP contribution in [0.2, 0.25) is 10.0 Å². The van der Waals surface area contributed by atoms with E-state index in [1.54, 1.807) is 26.8 Å². The number of hydrogen-bond donors (Lipinski definition) is 3. The molecule has 234 valence electrons. The van der Waals surface area contributed by atoms with Crippen molar-refractivity contribution < 1.29 is 24.2 Å². The van der Waals surface area contributed by atoms with Gasteiger partial charge in [0.15, 0.2) is 5.78 Å². The van der Waals surface area contributed by atoms with Crippen LogP contribution in [-0.2, 0) is 21.4 Å². The summed E-state index contributed by atoms with van der Waals surface area (Å²) in [7, 11) is 1.90. The fraction of sp³-hybridized carbons (Fsp3) is 0.613. The number of hydrogen-bond acceptors (Lipinski definition) is 6. The Labute approximate surface area is 259 Å². The van der Waals surface area contributed by atoms with Crippen LogP contribution < -0.4 is 10.6 Å². The summed E-state index contributed by atoms with van der Waals surface area (Å²) in [5, 5.41) is 20.1. The molecule has 42 heavy (non-hydrogen) atoms. The molecule has 0 fully saturated rings. The first kappa shape index (κ1) is 35.4. The zero-order valence-electron chi connectivity index (χ0n) is 25.9. The third-order valence-corrected chi connectivity index (χ3v) is 7.61. The number of amides is 2. The molecule has 2 rings (SSSR count). The molecule has 1 aromatic heterocycles. The van der Waals surface area contributed by atoms with Gasteiger partial charge in [0.1, 0.15) is 22.4 Å². The van der Waals surface area contributed by atoms with Gasteiger partial charge in [-0.15, -0.1) is 0 Å². The van der Waals surface area contributed by atoms with E-state index in [1.807, 2.05) is 31.6 Å². The zero-order chi connectivity index (χ0) is 31.6. The van der Waals surface area contributed by atoms with Crippen molar-refractivity contribution in [2.75, 3.05) is 6.54 Å². The number of rotatable bonds is 15. The molecule has 0 saturated carbocycles. The van der Waals surface area contributed by atoms with Crippen molar-refractivity contribution in [2.24, 2.45) is 13.0 Å². The molecule has 1 unspecified atom stereocenters. The molecule has 0 bridgehead atoms. The van der Waals surface area contributed by atoms with Gasteiger partial charge in [-0.2, -0.15) is 5.10 Å². The predicted molar refractivity (Wildman–Crippen MR) is 167 cm³/mol. The number of alkyl carbamates (subject to hydrolysis) is 1. The second-order valence-corrected chi connectivity index (χ2v) is 12.9. The van der Waals surface area contributed by atoms with E-state index in [-0.39, 0.29) is 40.0 Å². The van der Waals surface area contributed by atoms with E-state index >= 15 is 0 Å². The number of carbonyl (C=O) groups excluding carboxylic acids is 3. The average molecular weight is 626 g/mol. The minimum absolute atomic E-state index is 0.0578. The van der Waals surface area contributed by atoms with Gasteiger partial charge in [-0.1, -0.05) is 56.8 Å². The van der Waals surface area contributed by atoms with Crippen LogP contribution in [0.3, 0.4) is 0 Å². The van der Waals surface area contributed by atoms with Crippen molar-refractivity contribution in [1.29, 1.82) is 0 Å². The van der Waals surface area contributed by atoms with Crippen molar-refractivity contribution in [3.63, 3.8) is 0 Å². The lowest BCUT2D eigenvalue weighted by atomic mass is 9.92. The first-order valence-electron chi connectivity index (χ1n) is 14.6. The number of phenols is 1. The van der Waals surface area contributed by atoms with Crippen molar-refractivity contribution in [3.05, 3.63) is 33.9 Å². The molecule has 1 heterocycles. The standard InChI is InChI=1S/C31H46Cl2N4O5/c1-8-11-20(25-17-23(36-37(25)7)22-14-15-26(39)28(33)27(22)32)12-9-10-13-21(38)18-34-29(40)24(16-19(2)3)35-30(41)42-31(4,5)6/h14-15,17,19-20,24,39H,8-13,16,18H2,1-7H3,(H,34,40)(H,35,41)/t20?,24-/m1/s1. The quantitative estimate of drug-likeness (QED) is 0.181. The molecule has 0 aliphatic rings. The van der Waals surface area contributed by atoms with Crippen LogP contribution in [-0.4, -0.2) is 50.9 Å². The molecule has 1 aromatic carbocycles. The maximum Gasteiger partial charge on any atom is 0.408 e. The lowest BCUT2D eigenvalue weighted by molar-refractivity contribution is -0.126. The molecule has 0 aliphatic carbocycles. The number of Topliss-reactive ketones (excluding diaryl/α,β-unsaturated/α-hetero) is 1. The lowest BCUT2D eigenvalue weighted by Gasteiger charge is -2.24. The SMILES string of the molecule is CCCC(CCCCC(=O)CNC(=O)[C@@H](CC(C)C)NC(=O)OC(C)(C)C)c1cc(-c2ccc(O)c(Cl)c2Cl)nn1C. The first-order valence-corrected chi connectivity index (χ1v) is 15.4. The smallest absolute Gasteiger partial charge is 0.408 e.